The summed E-state index contributed by atoms with van der Waals surface area (Å²) in [5.41, 5.74) is 2.62. The molecule has 4 fully saturated rings. The molecule has 4 saturated carbocycles. The van der Waals surface area contributed by atoms with Crippen molar-refractivity contribution >= 4 is 0 Å². The fourth-order valence-corrected chi connectivity index (χ4v) is 7.82. The molecule has 0 aliphatic heterocycles. The van der Waals surface area contributed by atoms with E-state index in [0.717, 1.165) is 49.7 Å². The predicted octanol–water partition coefficient (Wildman–Crippen LogP) is 5.71. The molecular weight excluding hydrogens is 460 g/mol. The normalized spacial score (nSPS) is 38.3. The second kappa shape index (κ2) is 11.0. The summed E-state index contributed by atoms with van der Waals surface area (Å²) in [5, 5.41) is 41.5. The lowest BCUT2D eigenvalue weighted by Crippen LogP contribution is -2.39. The highest BCUT2D eigenvalue weighted by Crippen LogP contribution is 2.59. The number of aliphatic hydroxyl groups excluding tert-OH is 3. The minimum Gasteiger partial charge on any atom is -0.396 e. The topological polar surface area (TPSA) is 80.9 Å². The fourth-order valence-electron chi connectivity index (χ4n) is 7.82. The van der Waals surface area contributed by atoms with Gasteiger partial charge in [0.2, 0.25) is 0 Å². The Balaban J connectivity index is 1.43. The highest BCUT2D eigenvalue weighted by Gasteiger charge is 2.50. The first-order valence-corrected chi connectivity index (χ1v) is 14.7. The van der Waals surface area contributed by atoms with E-state index < -0.39 is 17.8 Å². The maximum atomic E-state index is 11.0. The summed E-state index contributed by atoms with van der Waals surface area (Å²) >= 11 is 0. The lowest BCUT2D eigenvalue weighted by Gasteiger charge is -2.44. The number of rotatable bonds is 7. The summed E-state index contributed by atoms with van der Waals surface area (Å²) < 4.78 is 0. The molecule has 4 nitrogen and oxygen atoms in total. The lowest BCUT2D eigenvalue weighted by atomic mass is 9.61. The first kappa shape index (κ1) is 28.6. The Morgan fingerprint density at radius 3 is 2.54 bits per heavy atom. The van der Waals surface area contributed by atoms with Crippen LogP contribution in [0.3, 0.4) is 0 Å². The summed E-state index contributed by atoms with van der Waals surface area (Å²) in [6.07, 6.45) is 14.2. The molecule has 0 aromatic heterocycles. The average molecular weight is 511 g/mol. The van der Waals surface area contributed by atoms with Crippen molar-refractivity contribution < 1.29 is 20.4 Å². The Morgan fingerprint density at radius 1 is 1.16 bits per heavy atom. The van der Waals surface area contributed by atoms with Gasteiger partial charge in [-0.05, 0) is 118 Å². The lowest BCUT2D eigenvalue weighted by molar-refractivity contribution is 0.00865. The summed E-state index contributed by atoms with van der Waals surface area (Å²) in [7, 11) is 0. The molecule has 0 saturated heterocycles. The zero-order chi connectivity index (χ0) is 27.0. The molecule has 4 rings (SSSR count). The van der Waals surface area contributed by atoms with E-state index in [1.54, 1.807) is 13.8 Å². The van der Waals surface area contributed by atoms with E-state index in [0.29, 0.717) is 24.2 Å². The molecule has 4 aliphatic carbocycles. The van der Waals surface area contributed by atoms with E-state index in [4.69, 9.17) is 0 Å². The fraction of sp³-hybridized carbons (Fsp3) is 0.758. The van der Waals surface area contributed by atoms with Gasteiger partial charge in [0.25, 0.3) is 0 Å². The minimum atomic E-state index is -0.931. The monoisotopic (exact) mass is 510 g/mol. The van der Waals surface area contributed by atoms with Gasteiger partial charge in [0.15, 0.2) is 0 Å². The first-order valence-electron chi connectivity index (χ1n) is 14.7. The smallest absolute Gasteiger partial charge is 0.119 e. The Labute approximate surface area is 225 Å². The second-order valence-corrected chi connectivity index (χ2v) is 13.7. The molecular formula is C33H50O4. The number of hydrogen-bond donors (Lipinski definition) is 4. The molecule has 206 valence electrons. The van der Waals surface area contributed by atoms with Crippen LogP contribution < -0.4 is 0 Å². The number of hydrogen-bond acceptors (Lipinski definition) is 4. The van der Waals surface area contributed by atoms with Crippen molar-refractivity contribution in [3.63, 3.8) is 0 Å². The van der Waals surface area contributed by atoms with Gasteiger partial charge in [0.1, 0.15) is 5.60 Å². The zero-order valence-corrected chi connectivity index (χ0v) is 23.6. The standard InChI is InChI=1S/C33H50O4/c1-22(8-6-15-31(3,4)37)27-12-13-28-24(9-7-16-32(27,28)5)10-11-25-20-29(35)26(30(36)23(25)2)14-17-33(21-34)18-19-33/h10-11,22,26-30,34-37H,2,7-9,12-14,16-21H2,1,3-5H3/b24-10+,25-11-/t22-,26+,27-,28?,29-,30-,32-/m1/s1. The number of fused-ring (bicyclic) bond motifs is 1. The van der Waals surface area contributed by atoms with E-state index >= 15 is 0 Å². The van der Waals surface area contributed by atoms with Gasteiger partial charge in [-0.1, -0.05) is 44.1 Å². The van der Waals surface area contributed by atoms with Crippen LogP contribution in [-0.2, 0) is 0 Å². The number of aliphatic hydroxyl groups is 4. The SMILES string of the molecule is C=C1/C(=C\C=C2/CCC[C@@]3(C)C2CC[C@@H]3[C@H](C)CC#CC(C)(C)O)C[C@@H](O)[C@H](CCC2(CO)CC2)[C@@H]1O. The Kier molecular flexibility index (Phi) is 8.52. The van der Waals surface area contributed by atoms with E-state index in [1.165, 1.54) is 31.3 Å². The van der Waals surface area contributed by atoms with Crippen LogP contribution in [-0.4, -0.2) is 44.8 Å². The molecule has 0 radical (unpaired) electrons. The maximum Gasteiger partial charge on any atom is 0.119 e. The van der Waals surface area contributed by atoms with Gasteiger partial charge in [-0.15, -0.1) is 5.92 Å². The van der Waals surface area contributed by atoms with Crippen molar-refractivity contribution in [1.29, 1.82) is 0 Å². The van der Waals surface area contributed by atoms with Crippen LogP contribution >= 0.6 is 0 Å². The quantitative estimate of drug-likeness (QED) is 0.331. The highest BCUT2D eigenvalue weighted by atomic mass is 16.3. The van der Waals surface area contributed by atoms with Crippen molar-refractivity contribution in [2.24, 2.45) is 34.5 Å². The zero-order valence-electron chi connectivity index (χ0n) is 23.6. The first-order chi connectivity index (χ1) is 17.4. The molecule has 0 heterocycles. The summed E-state index contributed by atoms with van der Waals surface area (Å²) in [5.74, 6) is 7.74. The molecule has 4 N–H and O–H groups in total. The maximum absolute atomic E-state index is 11.0. The highest BCUT2D eigenvalue weighted by molar-refractivity contribution is 5.39. The molecule has 4 aliphatic rings. The van der Waals surface area contributed by atoms with Crippen LogP contribution in [0.5, 0.6) is 0 Å². The van der Waals surface area contributed by atoms with Crippen LogP contribution in [0.15, 0.2) is 35.5 Å². The Morgan fingerprint density at radius 2 is 1.89 bits per heavy atom. The summed E-state index contributed by atoms with van der Waals surface area (Å²) in [6.45, 7) is 12.7. The van der Waals surface area contributed by atoms with E-state index in [9.17, 15) is 20.4 Å². The molecule has 37 heavy (non-hydrogen) atoms. The van der Waals surface area contributed by atoms with Crippen molar-refractivity contribution in [2.75, 3.05) is 6.61 Å². The second-order valence-electron chi connectivity index (χ2n) is 13.7. The van der Waals surface area contributed by atoms with Crippen LogP contribution in [0.25, 0.3) is 0 Å². The van der Waals surface area contributed by atoms with E-state index in [1.807, 2.05) is 0 Å². The molecule has 0 aromatic carbocycles. The third-order valence-electron chi connectivity index (χ3n) is 10.4. The van der Waals surface area contributed by atoms with Crippen LogP contribution in [0, 0.1) is 46.3 Å². The van der Waals surface area contributed by atoms with Gasteiger partial charge < -0.3 is 20.4 Å². The minimum absolute atomic E-state index is 0.0353. The number of allylic oxidation sites excluding steroid dienone is 3. The van der Waals surface area contributed by atoms with Crippen molar-refractivity contribution in [2.45, 2.75) is 116 Å². The van der Waals surface area contributed by atoms with E-state index in [-0.39, 0.29) is 23.4 Å². The Bertz CT molecular complexity index is 969. The van der Waals surface area contributed by atoms with Gasteiger partial charge >= 0.3 is 0 Å². The van der Waals surface area contributed by atoms with Crippen LogP contribution in [0.1, 0.15) is 98.3 Å². The Hall–Kier alpha value is -1.38. The van der Waals surface area contributed by atoms with Crippen LogP contribution in [0.2, 0.25) is 0 Å². The summed E-state index contributed by atoms with van der Waals surface area (Å²) in [4.78, 5) is 0. The summed E-state index contributed by atoms with van der Waals surface area (Å²) in [6, 6.07) is 0. The van der Waals surface area contributed by atoms with E-state index in [2.05, 4.69) is 44.4 Å². The van der Waals surface area contributed by atoms with Crippen molar-refractivity contribution in [3.8, 4) is 11.8 Å². The molecule has 7 atom stereocenters. The molecule has 4 heteroatoms. The molecule has 0 bridgehead atoms. The third-order valence-corrected chi connectivity index (χ3v) is 10.4. The molecule has 0 aromatic rings. The van der Waals surface area contributed by atoms with Crippen molar-refractivity contribution in [1.82, 2.24) is 0 Å². The largest absolute Gasteiger partial charge is 0.396 e. The van der Waals surface area contributed by atoms with Gasteiger partial charge in [0, 0.05) is 18.9 Å². The van der Waals surface area contributed by atoms with Crippen molar-refractivity contribution in [3.05, 3.63) is 35.5 Å². The average Bonchev–Trinajstić information content (AvgIpc) is 3.52. The molecule has 0 spiro atoms. The van der Waals surface area contributed by atoms with Gasteiger partial charge in [-0.2, -0.15) is 0 Å². The predicted molar refractivity (Wildman–Crippen MR) is 149 cm³/mol. The van der Waals surface area contributed by atoms with Gasteiger partial charge in [-0.3, -0.25) is 0 Å². The van der Waals surface area contributed by atoms with Gasteiger partial charge in [0.05, 0.1) is 12.2 Å². The molecule has 0 amide bonds. The van der Waals surface area contributed by atoms with Gasteiger partial charge in [-0.25, -0.2) is 0 Å². The molecule has 1 unspecified atom stereocenters. The third kappa shape index (κ3) is 6.27. The van der Waals surface area contributed by atoms with Crippen LogP contribution in [0.4, 0.5) is 0 Å².